The molecule has 19 heavy (non-hydrogen) atoms. The van der Waals surface area contributed by atoms with Gasteiger partial charge in [0.2, 0.25) is 0 Å². The molecule has 2 rings (SSSR count). The summed E-state index contributed by atoms with van der Waals surface area (Å²) in [6.45, 7) is -0.0988. The zero-order valence-corrected chi connectivity index (χ0v) is 10.7. The lowest BCUT2D eigenvalue weighted by Crippen LogP contribution is -2.35. The zero-order valence-electron chi connectivity index (χ0n) is 9.90. The van der Waals surface area contributed by atoms with Crippen LogP contribution < -0.4 is 0 Å². The fourth-order valence-corrected chi connectivity index (χ4v) is 2.04. The summed E-state index contributed by atoms with van der Waals surface area (Å²) in [5.41, 5.74) is 0.886. The van der Waals surface area contributed by atoms with Crippen LogP contribution in [0.5, 0.6) is 0 Å². The molecule has 0 saturated carbocycles. The Hall–Kier alpha value is -2.15. The average Bonchev–Trinajstić information content (AvgIpc) is 3.04. The zero-order chi connectivity index (χ0) is 13.7. The van der Waals surface area contributed by atoms with Crippen LogP contribution in [0, 0.1) is 0 Å². The van der Waals surface area contributed by atoms with Gasteiger partial charge in [-0.2, -0.15) is 11.3 Å². The summed E-state index contributed by atoms with van der Waals surface area (Å²) < 4.78 is 9.34. The Morgan fingerprint density at radius 3 is 3.00 bits per heavy atom. The van der Waals surface area contributed by atoms with Gasteiger partial charge < -0.3 is 9.47 Å². The minimum atomic E-state index is -0.699. The van der Waals surface area contributed by atoms with Crippen LogP contribution in [0.3, 0.4) is 0 Å². The van der Waals surface area contributed by atoms with Crippen molar-refractivity contribution in [2.45, 2.75) is 0 Å². The van der Waals surface area contributed by atoms with E-state index in [1.54, 1.807) is 6.08 Å². The van der Waals surface area contributed by atoms with Crippen LogP contribution in [0.25, 0.3) is 6.08 Å². The number of carbonyl (C=O) groups is 3. The lowest BCUT2D eigenvalue weighted by Gasteiger charge is -2.09. The Kier molecular flexibility index (Phi) is 4.30. The monoisotopic (exact) mass is 281 g/mol. The summed E-state index contributed by atoms with van der Waals surface area (Å²) in [4.78, 5) is 34.8. The highest BCUT2D eigenvalue weighted by Crippen LogP contribution is 2.08. The Morgan fingerprint density at radius 2 is 2.37 bits per heavy atom. The van der Waals surface area contributed by atoms with Gasteiger partial charge in [0, 0.05) is 6.08 Å². The van der Waals surface area contributed by atoms with E-state index in [9.17, 15) is 14.4 Å². The molecule has 1 aliphatic rings. The molecule has 1 aromatic rings. The maximum atomic E-state index is 11.5. The molecular weight excluding hydrogens is 270 g/mol. The van der Waals surface area contributed by atoms with Crippen LogP contribution in [-0.2, 0) is 19.1 Å². The number of carbonyl (C=O) groups excluding carboxylic acids is 3. The van der Waals surface area contributed by atoms with Crippen molar-refractivity contribution in [2.75, 3.05) is 19.8 Å². The molecule has 0 aliphatic carbocycles. The number of imide groups is 1. The number of hydrogen-bond donors (Lipinski definition) is 0. The van der Waals surface area contributed by atoms with Crippen molar-refractivity contribution in [3.05, 3.63) is 28.5 Å². The summed E-state index contributed by atoms with van der Waals surface area (Å²) in [6.07, 6.45) is 2.13. The van der Waals surface area contributed by atoms with E-state index in [1.807, 2.05) is 16.8 Å². The summed E-state index contributed by atoms with van der Waals surface area (Å²) in [5, 5.41) is 3.75. The summed E-state index contributed by atoms with van der Waals surface area (Å²) in [5.74, 6) is -1.22. The van der Waals surface area contributed by atoms with E-state index in [2.05, 4.69) is 4.74 Å². The number of nitrogens with zero attached hydrogens (tertiary/aromatic N) is 1. The topological polar surface area (TPSA) is 72.9 Å². The van der Waals surface area contributed by atoms with Crippen LogP contribution in [0.1, 0.15) is 5.56 Å². The fourth-order valence-electron chi connectivity index (χ4n) is 1.41. The van der Waals surface area contributed by atoms with E-state index in [4.69, 9.17) is 4.74 Å². The van der Waals surface area contributed by atoms with E-state index < -0.39 is 24.6 Å². The predicted octanol–water partition coefficient (Wildman–Crippen LogP) is 1.28. The number of rotatable bonds is 4. The number of hydrogen-bond acceptors (Lipinski definition) is 6. The van der Waals surface area contributed by atoms with E-state index in [0.29, 0.717) is 0 Å². The molecule has 0 atom stereocenters. The number of ether oxygens (including phenoxy) is 2. The second kappa shape index (κ2) is 6.14. The first-order chi connectivity index (χ1) is 9.16. The lowest BCUT2D eigenvalue weighted by molar-refractivity contribution is -0.146. The fraction of sp³-hybridized carbons (Fsp3) is 0.250. The van der Waals surface area contributed by atoms with Crippen molar-refractivity contribution in [2.24, 2.45) is 0 Å². The van der Waals surface area contributed by atoms with Crippen molar-refractivity contribution in [3.8, 4) is 0 Å². The summed E-state index contributed by atoms with van der Waals surface area (Å²) in [7, 11) is 0. The van der Waals surface area contributed by atoms with Crippen molar-refractivity contribution < 1.29 is 23.9 Å². The van der Waals surface area contributed by atoms with Gasteiger partial charge in [0.25, 0.3) is 5.91 Å². The Bertz CT molecular complexity index is 508. The molecule has 6 nitrogen and oxygen atoms in total. The maximum Gasteiger partial charge on any atom is 0.416 e. The molecule has 0 spiro atoms. The molecule has 7 heteroatoms. The highest BCUT2D eigenvalue weighted by atomic mass is 32.1. The van der Waals surface area contributed by atoms with Crippen molar-refractivity contribution in [1.82, 2.24) is 4.90 Å². The SMILES string of the molecule is O=C(/C=C/c1ccsc1)OCC(=O)N1CCOC1=O. The van der Waals surface area contributed by atoms with Crippen LogP contribution in [0.15, 0.2) is 22.9 Å². The minimum Gasteiger partial charge on any atom is -0.452 e. The third kappa shape index (κ3) is 3.65. The Morgan fingerprint density at radius 1 is 1.53 bits per heavy atom. The van der Waals surface area contributed by atoms with Gasteiger partial charge in [-0.05, 0) is 28.5 Å². The standard InChI is InChI=1S/C12H11NO5S/c14-10(13-4-5-17-12(13)16)7-18-11(15)2-1-9-3-6-19-8-9/h1-3,6,8H,4-5,7H2/b2-1+. The third-order valence-corrected chi connectivity index (χ3v) is 3.06. The van der Waals surface area contributed by atoms with Crippen LogP contribution >= 0.6 is 11.3 Å². The second-order valence-electron chi connectivity index (χ2n) is 3.66. The van der Waals surface area contributed by atoms with Crippen LogP contribution in [-0.4, -0.2) is 42.6 Å². The van der Waals surface area contributed by atoms with Gasteiger partial charge >= 0.3 is 12.1 Å². The first kappa shape index (κ1) is 13.3. The molecule has 1 saturated heterocycles. The van der Waals surface area contributed by atoms with E-state index in [0.717, 1.165) is 10.5 Å². The molecule has 1 aromatic heterocycles. The van der Waals surface area contributed by atoms with Gasteiger partial charge in [0.15, 0.2) is 6.61 Å². The molecule has 0 unspecified atom stereocenters. The first-order valence-electron chi connectivity index (χ1n) is 5.51. The molecule has 1 aliphatic heterocycles. The predicted molar refractivity (Wildman–Crippen MR) is 67.4 cm³/mol. The van der Waals surface area contributed by atoms with Crippen molar-refractivity contribution in [3.63, 3.8) is 0 Å². The van der Waals surface area contributed by atoms with E-state index in [1.165, 1.54) is 17.4 Å². The van der Waals surface area contributed by atoms with Gasteiger partial charge in [-0.25, -0.2) is 14.5 Å². The van der Waals surface area contributed by atoms with Crippen LogP contribution in [0.2, 0.25) is 0 Å². The first-order valence-corrected chi connectivity index (χ1v) is 6.45. The third-order valence-electron chi connectivity index (χ3n) is 2.35. The second-order valence-corrected chi connectivity index (χ2v) is 4.44. The average molecular weight is 281 g/mol. The number of thiophene rings is 1. The van der Waals surface area contributed by atoms with Gasteiger partial charge in [-0.15, -0.1) is 0 Å². The molecule has 0 aromatic carbocycles. The molecule has 0 bridgehead atoms. The highest BCUT2D eigenvalue weighted by Gasteiger charge is 2.28. The molecular formula is C12H11NO5S. The number of esters is 1. The highest BCUT2D eigenvalue weighted by molar-refractivity contribution is 7.08. The largest absolute Gasteiger partial charge is 0.452 e. The van der Waals surface area contributed by atoms with Crippen LogP contribution in [0.4, 0.5) is 4.79 Å². The normalized spacial score (nSPS) is 14.7. The van der Waals surface area contributed by atoms with Crippen molar-refractivity contribution in [1.29, 1.82) is 0 Å². The molecule has 0 radical (unpaired) electrons. The summed E-state index contributed by atoms with van der Waals surface area (Å²) >= 11 is 1.51. The lowest BCUT2D eigenvalue weighted by atomic mass is 10.3. The van der Waals surface area contributed by atoms with E-state index in [-0.39, 0.29) is 13.2 Å². The molecule has 2 amide bonds. The molecule has 0 N–H and O–H groups in total. The molecule has 1 fully saturated rings. The van der Waals surface area contributed by atoms with Gasteiger partial charge in [-0.1, -0.05) is 0 Å². The number of amides is 2. The van der Waals surface area contributed by atoms with E-state index >= 15 is 0 Å². The van der Waals surface area contributed by atoms with Crippen molar-refractivity contribution >= 4 is 35.4 Å². The smallest absolute Gasteiger partial charge is 0.416 e. The summed E-state index contributed by atoms with van der Waals surface area (Å²) in [6, 6.07) is 1.85. The quantitative estimate of drug-likeness (QED) is 0.614. The number of cyclic esters (lactones) is 1. The van der Waals surface area contributed by atoms with Gasteiger partial charge in [0.1, 0.15) is 6.61 Å². The van der Waals surface area contributed by atoms with Gasteiger partial charge in [0.05, 0.1) is 6.54 Å². The Labute approximate surface area is 113 Å². The maximum absolute atomic E-state index is 11.5. The molecule has 100 valence electrons. The Balaban J connectivity index is 1.77. The minimum absolute atomic E-state index is 0.177. The van der Waals surface area contributed by atoms with Gasteiger partial charge in [-0.3, -0.25) is 4.79 Å². The molecule has 2 heterocycles.